The van der Waals surface area contributed by atoms with E-state index in [1.54, 1.807) is 28.0 Å². The minimum Gasteiger partial charge on any atom is -0.340 e. The number of halogens is 3. The van der Waals surface area contributed by atoms with E-state index in [-0.39, 0.29) is 24.6 Å². The van der Waals surface area contributed by atoms with Crippen molar-refractivity contribution in [2.45, 2.75) is 17.1 Å². The van der Waals surface area contributed by atoms with E-state index in [1.807, 2.05) is 6.07 Å². The van der Waals surface area contributed by atoms with E-state index in [9.17, 15) is 26.8 Å². The van der Waals surface area contributed by atoms with Gasteiger partial charge in [0.2, 0.25) is 21.7 Å². The molecule has 7 nitrogen and oxygen atoms in total. The highest BCUT2D eigenvalue weighted by Crippen LogP contribution is 2.26. The first kappa shape index (κ1) is 24.1. The van der Waals surface area contributed by atoms with Gasteiger partial charge in [0.05, 0.1) is 23.5 Å². The number of sulfone groups is 1. The highest BCUT2D eigenvalue weighted by Gasteiger charge is 2.30. The molecule has 0 atom stereocenters. The molecule has 1 fully saturated rings. The molecule has 0 radical (unpaired) electrons. The van der Waals surface area contributed by atoms with Gasteiger partial charge in [-0.3, -0.25) is 14.5 Å². The summed E-state index contributed by atoms with van der Waals surface area (Å²) in [6.07, 6.45) is 0.190. The van der Waals surface area contributed by atoms with Gasteiger partial charge in [-0.1, -0.05) is 41.9 Å². The van der Waals surface area contributed by atoms with Crippen molar-refractivity contribution >= 4 is 38.9 Å². The average Bonchev–Trinajstić information content (AvgIpc) is 2.76. The maximum atomic E-state index is 12.9. The van der Waals surface area contributed by atoms with Crippen LogP contribution in [-0.4, -0.2) is 68.5 Å². The van der Waals surface area contributed by atoms with Crippen LogP contribution in [0.3, 0.4) is 0 Å². The van der Waals surface area contributed by atoms with Crippen molar-refractivity contribution in [3.05, 3.63) is 59.1 Å². The number of nitrogens with zero attached hydrogens (tertiary/aromatic N) is 2. The smallest absolute Gasteiger partial charge is 0.340 e. The second-order valence-electron chi connectivity index (χ2n) is 7.28. The van der Waals surface area contributed by atoms with Gasteiger partial charge < -0.3 is 10.2 Å². The first-order valence-electron chi connectivity index (χ1n) is 9.83. The van der Waals surface area contributed by atoms with E-state index in [0.29, 0.717) is 31.2 Å². The molecule has 0 saturated carbocycles. The summed E-state index contributed by atoms with van der Waals surface area (Å²) in [5.74, 6) is -4.18. The molecule has 0 aliphatic carbocycles. The fourth-order valence-corrected chi connectivity index (χ4v) is 4.47. The molecule has 11 heteroatoms. The number of anilines is 1. The number of para-hydroxylation sites is 1. The molecule has 1 saturated heterocycles. The average molecular weight is 486 g/mol. The van der Waals surface area contributed by atoms with Crippen LogP contribution in [0.25, 0.3) is 0 Å². The van der Waals surface area contributed by atoms with Crippen LogP contribution in [0.15, 0.2) is 53.4 Å². The summed E-state index contributed by atoms with van der Waals surface area (Å²) in [6.45, 7) is 1.67. The summed E-state index contributed by atoms with van der Waals surface area (Å²) in [4.78, 5) is 27.8. The zero-order valence-electron chi connectivity index (χ0n) is 17.0. The number of nitrogens with one attached hydrogen (secondary N) is 1. The lowest BCUT2D eigenvalue weighted by Gasteiger charge is -2.34. The number of carbonyl (C=O) groups excluding carboxylic acids is 2. The molecule has 0 aromatic heterocycles. The van der Waals surface area contributed by atoms with Crippen LogP contribution < -0.4 is 5.32 Å². The summed E-state index contributed by atoms with van der Waals surface area (Å²) in [5.41, 5.74) is 0.560. The second kappa shape index (κ2) is 10.4. The molecular weight excluding hydrogens is 464 g/mol. The molecule has 0 bridgehead atoms. The zero-order chi connectivity index (χ0) is 23.3. The van der Waals surface area contributed by atoms with Gasteiger partial charge in [0, 0.05) is 31.2 Å². The van der Waals surface area contributed by atoms with Crippen LogP contribution in [0.1, 0.15) is 5.56 Å². The normalized spacial score (nSPS) is 15.1. The summed E-state index contributed by atoms with van der Waals surface area (Å²) in [7, 11) is -4.85. The molecule has 2 aromatic rings. The van der Waals surface area contributed by atoms with Crippen LogP contribution in [0.2, 0.25) is 5.02 Å². The maximum absolute atomic E-state index is 12.9. The van der Waals surface area contributed by atoms with Gasteiger partial charge in [0.15, 0.2) is 0 Å². The van der Waals surface area contributed by atoms with Crippen LogP contribution in [0, 0.1) is 0 Å². The van der Waals surface area contributed by atoms with Crippen LogP contribution in [-0.2, 0) is 25.8 Å². The van der Waals surface area contributed by atoms with E-state index >= 15 is 0 Å². The van der Waals surface area contributed by atoms with Gasteiger partial charge in [0.25, 0.3) is 0 Å². The summed E-state index contributed by atoms with van der Waals surface area (Å²) in [5, 5.41) is 2.94. The lowest BCUT2D eigenvalue weighted by atomic mass is 10.1. The van der Waals surface area contributed by atoms with Crippen molar-refractivity contribution in [1.29, 1.82) is 0 Å². The Morgan fingerprint density at radius 2 is 1.62 bits per heavy atom. The van der Waals surface area contributed by atoms with Crippen molar-refractivity contribution in [1.82, 2.24) is 9.80 Å². The Morgan fingerprint density at radius 3 is 2.28 bits per heavy atom. The Labute approximate surface area is 189 Å². The number of hydrogen-bond donors (Lipinski definition) is 1. The molecule has 0 spiro atoms. The minimum atomic E-state index is -4.85. The third-order valence-electron chi connectivity index (χ3n) is 5.09. The van der Waals surface area contributed by atoms with E-state index in [0.717, 1.165) is 11.6 Å². The fraction of sp³-hybridized carbons (Fsp3) is 0.333. The molecule has 2 aromatic carbocycles. The SMILES string of the molecule is O=C(CN1CCN(C(=O)Cc2ccccc2Cl)CC1)Nc1ccccc1S(=O)(=O)C(F)F. The number of amides is 2. The largest absolute Gasteiger partial charge is 0.341 e. The van der Waals surface area contributed by atoms with Crippen LogP contribution in [0.4, 0.5) is 14.5 Å². The number of hydrogen-bond acceptors (Lipinski definition) is 5. The van der Waals surface area contributed by atoms with Gasteiger partial charge in [-0.25, -0.2) is 8.42 Å². The van der Waals surface area contributed by atoms with E-state index in [1.165, 1.54) is 18.2 Å². The third kappa shape index (κ3) is 5.81. The van der Waals surface area contributed by atoms with Gasteiger partial charge in [-0.15, -0.1) is 0 Å². The molecule has 1 N–H and O–H groups in total. The number of rotatable bonds is 7. The van der Waals surface area contributed by atoms with E-state index in [4.69, 9.17) is 11.6 Å². The topological polar surface area (TPSA) is 86.8 Å². The van der Waals surface area contributed by atoms with Crippen LogP contribution in [0.5, 0.6) is 0 Å². The monoisotopic (exact) mass is 485 g/mol. The highest BCUT2D eigenvalue weighted by molar-refractivity contribution is 7.91. The van der Waals surface area contributed by atoms with E-state index < -0.39 is 26.4 Å². The van der Waals surface area contributed by atoms with Crippen molar-refractivity contribution in [3.8, 4) is 0 Å². The first-order chi connectivity index (χ1) is 15.2. The van der Waals surface area contributed by atoms with Crippen molar-refractivity contribution in [3.63, 3.8) is 0 Å². The Morgan fingerprint density at radius 1 is 1.00 bits per heavy atom. The van der Waals surface area contributed by atoms with Gasteiger partial charge in [-0.2, -0.15) is 8.78 Å². The highest BCUT2D eigenvalue weighted by atomic mass is 35.5. The number of benzene rings is 2. The van der Waals surface area contributed by atoms with Gasteiger partial charge in [-0.05, 0) is 23.8 Å². The van der Waals surface area contributed by atoms with Gasteiger partial charge >= 0.3 is 5.76 Å². The predicted molar refractivity (Wildman–Crippen MR) is 116 cm³/mol. The molecule has 2 amide bonds. The van der Waals surface area contributed by atoms with E-state index in [2.05, 4.69) is 5.32 Å². The lowest BCUT2D eigenvalue weighted by Crippen LogP contribution is -2.50. The molecule has 1 aliphatic heterocycles. The third-order valence-corrected chi connectivity index (χ3v) is 6.90. The number of carbonyl (C=O) groups is 2. The summed E-state index contributed by atoms with van der Waals surface area (Å²) >= 11 is 6.11. The summed E-state index contributed by atoms with van der Waals surface area (Å²) in [6, 6.07) is 12.2. The minimum absolute atomic E-state index is 0.0599. The maximum Gasteiger partial charge on any atom is 0.341 e. The zero-order valence-corrected chi connectivity index (χ0v) is 18.6. The molecule has 3 rings (SSSR count). The van der Waals surface area contributed by atoms with Crippen LogP contribution >= 0.6 is 11.6 Å². The Balaban J connectivity index is 1.53. The number of alkyl halides is 2. The van der Waals surface area contributed by atoms with Crippen molar-refractivity contribution in [2.75, 3.05) is 38.0 Å². The van der Waals surface area contributed by atoms with Crippen molar-refractivity contribution < 1.29 is 26.8 Å². The molecular formula is C21H22ClF2N3O4S. The van der Waals surface area contributed by atoms with Gasteiger partial charge in [0.1, 0.15) is 0 Å². The Kier molecular flexibility index (Phi) is 7.81. The Hall–Kier alpha value is -2.56. The summed E-state index contributed by atoms with van der Waals surface area (Å²) < 4.78 is 49.4. The fourth-order valence-electron chi connectivity index (χ4n) is 3.38. The Bertz CT molecular complexity index is 1090. The first-order valence-corrected chi connectivity index (χ1v) is 11.8. The quantitative estimate of drug-likeness (QED) is 0.651. The van der Waals surface area contributed by atoms with Crippen molar-refractivity contribution in [2.24, 2.45) is 0 Å². The number of piperazine rings is 1. The second-order valence-corrected chi connectivity index (χ2v) is 9.57. The molecule has 1 heterocycles. The molecule has 32 heavy (non-hydrogen) atoms. The predicted octanol–water partition coefficient (Wildman–Crippen LogP) is 2.66. The molecule has 172 valence electrons. The molecule has 0 unspecified atom stereocenters. The lowest BCUT2D eigenvalue weighted by molar-refractivity contribution is -0.132. The standard InChI is InChI=1S/C21H22ClF2N3O4S/c22-16-6-2-1-5-15(16)13-20(29)27-11-9-26(10-12-27)14-19(28)25-17-7-3-4-8-18(17)32(30,31)21(23)24/h1-8,21H,9-14H2,(H,25,28). The molecule has 1 aliphatic rings.